The number of ether oxygens (including phenoxy) is 1. The second kappa shape index (κ2) is 8.63. The van der Waals surface area contributed by atoms with Gasteiger partial charge in [-0.25, -0.2) is 4.98 Å². The molecule has 3 aromatic carbocycles. The normalized spacial score (nSPS) is 19.0. The Morgan fingerprint density at radius 2 is 1.65 bits per heavy atom. The van der Waals surface area contributed by atoms with Crippen LogP contribution < -0.4 is 16.2 Å². The summed E-state index contributed by atoms with van der Waals surface area (Å²) in [6.45, 7) is 0.386. The van der Waals surface area contributed by atoms with Gasteiger partial charge in [0.25, 0.3) is 0 Å². The lowest BCUT2D eigenvalue weighted by atomic mass is 9.93. The topological polar surface area (TPSA) is 108 Å². The predicted octanol–water partition coefficient (Wildman–Crippen LogP) is 4.00. The Morgan fingerprint density at radius 3 is 2.32 bits per heavy atom. The molecule has 1 fully saturated rings. The van der Waals surface area contributed by atoms with Gasteiger partial charge in [-0.1, -0.05) is 60.7 Å². The molecule has 5 rings (SSSR count). The predicted molar refractivity (Wildman–Crippen MR) is 131 cm³/mol. The summed E-state index contributed by atoms with van der Waals surface area (Å²) in [4.78, 5) is 28.3. The summed E-state index contributed by atoms with van der Waals surface area (Å²) in [5.41, 5.74) is 14.9. The molecule has 0 bridgehead atoms. The first-order chi connectivity index (χ1) is 16.5. The van der Waals surface area contributed by atoms with E-state index in [2.05, 4.69) is 6.07 Å². The Labute approximate surface area is 197 Å². The third-order valence-electron chi connectivity index (χ3n) is 6.62. The van der Waals surface area contributed by atoms with Crippen molar-refractivity contribution in [1.82, 2.24) is 4.98 Å². The van der Waals surface area contributed by atoms with Crippen LogP contribution in [0.4, 0.5) is 0 Å². The SMILES string of the molecule is NC(=O)C1C[C@]1(Cc1ccc(OCc2cc(-c3ccccc3)nc3ccccc23)cc1)C(N)=O. The van der Waals surface area contributed by atoms with Crippen molar-refractivity contribution < 1.29 is 14.3 Å². The molecule has 2 atom stereocenters. The lowest BCUT2D eigenvalue weighted by Gasteiger charge is -2.14. The molecule has 0 radical (unpaired) electrons. The molecule has 6 heteroatoms. The minimum Gasteiger partial charge on any atom is -0.489 e. The van der Waals surface area contributed by atoms with Crippen molar-refractivity contribution in [2.75, 3.05) is 0 Å². The van der Waals surface area contributed by atoms with Gasteiger partial charge in [-0.05, 0) is 42.7 Å². The molecule has 0 aliphatic heterocycles. The van der Waals surface area contributed by atoms with Crippen LogP contribution in [0.5, 0.6) is 5.75 Å². The van der Waals surface area contributed by atoms with Gasteiger partial charge in [-0.2, -0.15) is 0 Å². The molecule has 1 aromatic heterocycles. The third-order valence-corrected chi connectivity index (χ3v) is 6.62. The van der Waals surface area contributed by atoms with Crippen LogP contribution in [0.25, 0.3) is 22.2 Å². The summed E-state index contributed by atoms with van der Waals surface area (Å²) in [7, 11) is 0. The van der Waals surface area contributed by atoms with Crippen LogP contribution in [0, 0.1) is 11.3 Å². The maximum absolute atomic E-state index is 12.0. The van der Waals surface area contributed by atoms with Crippen LogP contribution in [-0.4, -0.2) is 16.8 Å². The summed E-state index contributed by atoms with van der Waals surface area (Å²) in [6.07, 6.45) is 0.806. The number of hydrogen-bond acceptors (Lipinski definition) is 4. The quantitative estimate of drug-likeness (QED) is 0.422. The van der Waals surface area contributed by atoms with E-state index in [1.807, 2.05) is 78.9 Å². The molecule has 1 saturated carbocycles. The fourth-order valence-electron chi connectivity index (χ4n) is 4.59. The fourth-order valence-corrected chi connectivity index (χ4v) is 4.59. The van der Waals surface area contributed by atoms with Gasteiger partial charge < -0.3 is 16.2 Å². The molecule has 1 aliphatic rings. The Kier molecular flexibility index (Phi) is 5.49. The minimum absolute atomic E-state index is 0.386. The average Bonchev–Trinajstić information content (AvgIpc) is 3.60. The van der Waals surface area contributed by atoms with E-state index in [4.69, 9.17) is 21.2 Å². The van der Waals surface area contributed by atoms with E-state index in [9.17, 15) is 9.59 Å². The molecule has 6 nitrogen and oxygen atoms in total. The fraction of sp³-hybridized carbons (Fsp3) is 0.179. The highest BCUT2D eigenvalue weighted by Crippen LogP contribution is 2.54. The van der Waals surface area contributed by atoms with Crippen LogP contribution in [0.3, 0.4) is 0 Å². The number of amides is 2. The molecular formula is C28H25N3O3. The van der Waals surface area contributed by atoms with Gasteiger partial charge in [0.2, 0.25) is 11.8 Å². The highest BCUT2D eigenvalue weighted by atomic mass is 16.5. The molecular weight excluding hydrogens is 426 g/mol. The monoisotopic (exact) mass is 451 g/mol. The van der Waals surface area contributed by atoms with Gasteiger partial charge in [0.1, 0.15) is 12.4 Å². The van der Waals surface area contributed by atoms with E-state index in [-0.39, 0.29) is 0 Å². The molecule has 0 spiro atoms. The molecule has 2 amide bonds. The number of rotatable bonds is 8. The average molecular weight is 452 g/mol. The van der Waals surface area contributed by atoms with Crippen molar-refractivity contribution in [1.29, 1.82) is 0 Å². The number of carbonyl (C=O) groups excluding carboxylic acids is 2. The second-order valence-corrected chi connectivity index (χ2v) is 8.84. The van der Waals surface area contributed by atoms with E-state index >= 15 is 0 Å². The molecule has 1 heterocycles. The number of fused-ring (bicyclic) bond motifs is 1. The van der Waals surface area contributed by atoms with Crippen molar-refractivity contribution in [2.45, 2.75) is 19.4 Å². The number of nitrogens with two attached hydrogens (primary N) is 2. The van der Waals surface area contributed by atoms with Crippen molar-refractivity contribution >= 4 is 22.7 Å². The van der Waals surface area contributed by atoms with E-state index in [1.54, 1.807) is 0 Å². The number of pyridine rings is 1. The summed E-state index contributed by atoms with van der Waals surface area (Å²) in [5.74, 6) is -0.727. The summed E-state index contributed by atoms with van der Waals surface area (Å²) < 4.78 is 6.11. The molecule has 1 unspecified atom stereocenters. The minimum atomic E-state index is -0.863. The first kappa shape index (κ1) is 21.6. The Bertz CT molecular complexity index is 1370. The maximum atomic E-state index is 12.0. The number of hydrogen-bond donors (Lipinski definition) is 2. The molecule has 4 N–H and O–H groups in total. The van der Waals surface area contributed by atoms with Gasteiger partial charge in [0.15, 0.2) is 0 Å². The molecule has 170 valence electrons. The Hall–Kier alpha value is -4.19. The zero-order valence-corrected chi connectivity index (χ0v) is 18.6. The van der Waals surface area contributed by atoms with Crippen LogP contribution in [0.2, 0.25) is 0 Å². The third kappa shape index (κ3) is 4.10. The zero-order valence-electron chi connectivity index (χ0n) is 18.6. The van der Waals surface area contributed by atoms with Crippen LogP contribution in [0.1, 0.15) is 17.5 Å². The number of primary amides is 2. The first-order valence-corrected chi connectivity index (χ1v) is 11.2. The smallest absolute Gasteiger partial charge is 0.224 e. The molecule has 1 aliphatic carbocycles. The number of nitrogens with zero attached hydrogens (tertiary/aromatic N) is 1. The number of para-hydroxylation sites is 1. The van der Waals surface area contributed by atoms with Gasteiger partial charge >= 0.3 is 0 Å². The van der Waals surface area contributed by atoms with E-state index in [0.717, 1.165) is 33.3 Å². The van der Waals surface area contributed by atoms with Crippen molar-refractivity contribution in [3.05, 3.63) is 96.1 Å². The standard InChI is InChI=1S/C28H25N3O3/c29-26(32)23-16-28(23,27(30)33)15-18-10-12-21(13-11-18)34-17-20-14-25(19-6-2-1-3-7-19)31-24-9-5-4-8-22(20)24/h1-14,23H,15-17H2,(H2,29,32)(H2,30,33)/t23?,28-/m0/s1. The van der Waals surface area contributed by atoms with Crippen molar-refractivity contribution in [3.8, 4) is 17.0 Å². The first-order valence-electron chi connectivity index (χ1n) is 11.2. The van der Waals surface area contributed by atoms with E-state index < -0.39 is 23.1 Å². The number of aromatic nitrogens is 1. The van der Waals surface area contributed by atoms with E-state index in [1.165, 1.54) is 0 Å². The van der Waals surface area contributed by atoms with Crippen LogP contribution in [-0.2, 0) is 22.6 Å². The zero-order chi connectivity index (χ0) is 23.7. The van der Waals surface area contributed by atoms with Crippen molar-refractivity contribution in [2.24, 2.45) is 22.8 Å². The highest BCUT2D eigenvalue weighted by molar-refractivity contribution is 5.94. The molecule has 34 heavy (non-hydrogen) atoms. The highest BCUT2D eigenvalue weighted by Gasteiger charge is 2.61. The molecule has 4 aromatic rings. The van der Waals surface area contributed by atoms with Crippen molar-refractivity contribution in [3.63, 3.8) is 0 Å². The Balaban J connectivity index is 1.34. The summed E-state index contributed by atoms with van der Waals surface area (Å²) in [6, 6.07) is 27.7. The lowest BCUT2D eigenvalue weighted by molar-refractivity contribution is -0.127. The maximum Gasteiger partial charge on any atom is 0.224 e. The number of carbonyl (C=O) groups is 2. The van der Waals surface area contributed by atoms with Gasteiger partial charge in [0.05, 0.1) is 22.5 Å². The summed E-state index contributed by atoms with van der Waals surface area (Å²) in [5, 5.41) is 1.05. The Morgan fingerprint density at radius 1 is 0.941 bits per heavy atom. The van der Waals surface area contributed by atoms with Crippen LogP contribution >= 0.6 is 0 Å². The largest absolute Gasteiger partial charge is 0.489 e. The van der Waals surface area contributed by atoms with Gasteiger partial charge in [0, 0.05) is 16.5 Å². The summed E-state index contributed by atoms with van der Waals surface area (Å²) >= 11 is 0. The molecule has 0 saturated heterocycles. The van der Waals surface area contributed by atoms with Gasteiger partial charge in [-0.15, -0.1) is 0 Å². The van der Waals surface area contributed by atoms with Crippen LogP contribution in [0.15, 0.2) is 84.9 Å². The van der Waals surface area contributed by atoms with Gasteiger partial charge in [-0.3, -0.25) is 9.59 Å². The van der Waals surface area contributed by atoms with E-state index in [0.29, 0.717) is 25.2 Å². The lowest BCUT2D eigenvalue weighted by Crippen LogP contribution is -2.32. The second-order valence-electron chi connectivity index (χ2n) is 8.84. The number of benzene rings is 3.